The Labute approximate surface area is 161 Å². The van der Waals surface area contributed by atoms with Crippen molar-refractivity contribution in [2.45, 2.75) is 13.5 Å². The Morgan fingerprint density at radius 1 is 1.15 bits per heavy atom. The van der Waals surface area contributed by atoms with Crippen LogP contribution in [0.2, 0.25) is 0 Å². The van der Waals surface area contributed by atoms with Gasteiger partial charge in [-0.1, -0.05) is 42.5 Å². The Morgan fingerprint density at radius 3 is 2.54 bits per heavy atom. The average Bonchev–Trinajstić information content (AvgIpc) is 2.68. The molecular formula is C20H26N4OS. The number of nitrogens with one attached hydrogen (secondary N) is 2. The van der Waals surface area contributed by atoms with Gasteiger partial charge in [0.25, 0.3) is 0 Å². The topological polar surface area (TPSA) is 48.9 Å². The van der Waals surface area contributed by atoms with E-state index in [0.717, 1.165) is 18.7 Å². The van der Waals surface area contributed by atoms with Gasteiger partial charge in [-0.25, -0.2) is 0 Å². The molecule has 0 amide bonds. The van der Waals surface area contributed by atoms with Crippen molar-refractivity contribution in [2.24, 2.45) is 5.10 Å². The van der Waals surface area contributed by atoms with Crippen LogP contribution in [0.5, 0.6) is 0 Å². The SMILES string of the molecule is CCN(Cc1ccccc1)c1ccc(/C=N/NC(=S)NCCOC)cc1. The second-order valence-electron chi connectivity index (χ2n) is 5.71. The zero-order valence-electron chi connectivity index (χ0n) is 15.3. The van der Waals surface area contributed by atoms with E-state index in [1.165, 1.54) is 11.3 Å². The molecule has 0 saturated carbocycles. The first-order valence-electron chi connectivity index (χ1n) is 8.67. The van der Waals surface area contributed by atoms with Crippen LogP contribution < -0.4 is 15.6 Å². The quantitative estimate of drug-likeness (QED) is 0.307. The zero-order chi connectivity index (χ0) is 18.6. The molecule has 0 aliphatic carbocycles. The number of nitrogens with zero attached hydrogens (tertiary/aromatic N) is 2. The maximum absolute atomic E-state index is 5.12. The number of hydrazone groups is 1. The van der Waals surface area contributed by atoms with Gasteiger partial charge in [0.05, 0.1) is 12.8 Å². The molecule has 0 aliphatic heterocycles. The van der Waals surface area contributed by atoms with E-state index in [0.29, 0.717) is 18.3 Å². The van der Waals surface area contributed by atoms with E-state index in [1.807, 2.05) is 6.07 Å². The van der Waals surface area contributed by atoms with Crippen LogP contribution in [0.3, 0.4) is 0 Å². The second-order valence-corrected chi connectivity index (χ2v) is 6.12. The normalized spacial score (nSPS) is 10.7. The molecule has 26 heavy (non-hydrogen) atoms. The summed E-state index contributed by atoms with van der Waals surface area (Å²) < 4.78 is 4.95. The number of hydrogen-bond donors (Lipinski definition) is 2. The van der Waals surface area contributed by atoms with Crippen LogP contribution in [-0.2, 0) is 11.3 Å². The third kappa shape index (κ3) is 6.82. The molecule has 0 atom stereocenters. The fraction of sp³-hybridized carbons (Fsp3) is 0.300. The van der Waals surface area contributed by atoms with Crippen molar-refractivity contribution in [3.05, 3.63) is 65.7 Å². The summed E-state index contributed by atoms with van der Waals surface area (Å²) in [5.41, 5.74) is 6.30. The van der Waals surface area contributed by atoms with Crippen LogP contribution in [0, 0.1) is 0 Å². The molecule has 6 heteroatoms. The summed E-state index contributed by atoms with van der Waals surface area (Å²) in [7, 11) is 1.65. The lowest BCUT2D eigenvalue weighted by atomic mass is 10.1. The highest BCUT2D eigenvalue weighted by Crippen LogP contribution is 2.17. The van der Waals surface area contributed by atoms with Crippen molar-refractivity contribution in [1.82, 2.24) is 10.7 Å². The molecule has 138 valence electrons. The van der Waals surface area contributed by atoms with Crippen LogP contribution in [0.1, 0.15) is 18.1 Å². The minimum absolute atomic E-state index is 0.481. The van der Waals surface area contributed by atoms with Crippen molar-refractivity contribution in [3.8, 4) is 0 Å². The lowest BCUT2D eigenvalue weighted by molar-refractivity contribution is 0.204. The third-order valence-corrected chi connectivity index (χ3v) is 4.06. The Kier molecular flexibility index (Phi) is 8.59. The largest absolute Gasteiger partial charge is 0.383 e. The molecule has 0 unspecified atom stereocenters. The highest BCUT2D eigenvalue weighted by atomic mass is 32.1. The maximum atomic E-state index is 5.12. The van der Waals surface area contributed by atoms with Crippen LogP contribution in [-0.4, -0.2) is 38.1 Å². The molecule has 0 aromatic heterocycles. The number of benzene rings is 2. The first-order chi connectivity index (χ1) is 12.7. The van der Waals surface area contributed by atoms with Crippen molar-refractivity contribution < 1.29 is 4.74 Å². The van der Waals surface area contributed by atoms with Gasteiger partial charge in [-0.05, 0) is 42.4 Å². The molecule has 2 aromatic rings. The summed E-state index contributed by atoms with van der Waals surface area (Å²) in [6.07, 6.45) is 1.75. The summed E-state index contributed by atoms with van der Waals surface area (Å²) >= 11 is 5.12. The highest BCUT2D eigenvalue weighted by Gasteiger charge is 2.05. The van der Waals surface area contributed by atoms with Crippen molar-refractivity contribution in [2.75, 3.05) is 31.7 Å². The van der Waals surface area contributed by atoms with Crippen molar-refractivity contribution in [3.63, 3.8) is 0 Å². The summed E-state index contributed by atoms with van der Waals surface area (Å²) in [5, 5.41) is 7.63. The van der Waals surface area contributed by atoms with Crippen LogP contribution in [0.25, 0.3) is 0 Å². The molecule has 0 radical (unpaired) electrons. The van der Waals surface area contributed by atoms with Gasteiger partial charge in [0.2, 0.25) is 0 Å². The third-order valence-electron chi connectivity index (χ3n) is 3.83. The Hall–Kier alpha value is -2.44. The van der Waals surface area contributed by atoms with Gasteiger partial charge in [0, 0.05) is 32.4 Å². The Balaban J connectivity index is 1.88. The number of methoxy groups -OCH3 is 1. The Bertz CT molecular complexity index is 689. The predicted octanol–water partition coefficient (Wildman–Crippen LogP) is 3.16. The van der Waals surface area contributed by atoms with Crippen molar-refractivity contribution >= 4 is 29.2 Å². The standard InChI is InChI=1S/C20H26N4OS/c1-3-24(16-18-7-5-4-6-8-18)19-11-9-17(10-12-19)15-22-23-20(26)21-13-14-25-2/h4-12,15H,3,13-14,16H2,1-2H3,(H2,21,23,26)/b22-15+. The predicted molar refractivity (Wildman–Crippen MR) is 113 cm³/mol. The lowest BCUT2D eigenvalue weighted by Crippen LogP contribution is -2.34. The molecule has 0 heterocycles. The molecule has 2 aromatic carbocycles. The molecule has 2 rings (SSSR count). The van der Waals surface area contributed by atoms with E-state index < -0.39 is 0 Å². The van der Waals surface area contributed by atoms with Gasteiger partial charge < -0.3 is 15.0 Å². The van der Waals surface area contributed by atoms with Crippen LogP contribution in [0.15, 0.2) is 59.7 Å². The first-order valence-corrected chi connectivity index (χ1v) is 9.08. The van der Waals surface area contributed by atoms with Gasteiger partial charge >= 0.3 is 0 Å². The van der Waals surface area contributed by atoms with Gasteiger partial charge in [0.15, 0.2) is 5.11 Å². The number of ether oxygens (including phenoxy) is 1. The highest BCUT2D eigenvalue weighted by molar-refractivity contribution is 7.80. The van der Waals surface area contributed by atoms with Crippen molar-refractivity contribution in [1.29, 1.82) is 0 Å². The molecule has 0 bridgehead atoms. The van der Waals surface area contributed by atoms with E-state index in [9.17, 15) is 0 Å². The number of hydrogen-bond acceptors (Lipinski definition) is 4. The van der Waals surface area contributed by atoms with E-state index in [-0.39, 0.29) is 0 Å². The number of rotatable bonds is 9. The average molecular weight is 371 g/mol. The molecule has 2 N–H and O–H groups in total. The summed E-state index contributed by atoms with van der Waals surface area (Å²) in [6, 6.07) is 18.8. The van der Waals surface area contributed by atoms with Crippen LogP contribution >= 0.6 is 12.2 Å². The molecule has 0 saturated heterocycles. The second kappa shape index (κ2) is 11.2. The molecule has 0 spiro atoms. The maximum Gasteiger partial charge on any atom is 0.187 e. The van der Waals surface area contributed by atoms with Gasteiger partial charge in [-0.15, -0.1) is 0 Å². The first kappa shape index (κ1) is 19.9. The van der Waals surface area contributed by atoms with E-state index in [4.69, 9.17) is 17.0 Å². The lowest BCUT2D eigenvalue weighted by Gasteiger charge is -2.23. The number of anilines is 1. The smallest absolute Gasteiger partial charge is 0.187 e. The molecular weight excluding hydrogens is 344 g/mol. The molecule has 5 nitrogen and oxygen atoms in total. The fourth-order valence-corrected chi connectivity index (χ4v) is 2.59. The van der Waals surface area contributed by atoms with E-state index >= 15 is 0 Å². The van der Waals surface area contributed by atoms with Gasteiger partial charge in [-0.3, -0.25) is 5.43 Å². The fourth-order valence-electron chi connectivity index (χ4n) is 2.43. The molecule has 0 aliphatic rings. The minimum atomic E-state index is 0.481. The van der Waals surface area contributed by atoms with Gasteiger partial charge in [-0.2, -0.15) is 5.10 Å². The van der Waals surface area contributed by atoms with E-state index in [2.05, 4.69) is 76.2 Å². The van der Waals surface area contributed by atoms with Gasteiger partial charge in [0.1, 0.15) is 0 Å². The molecule has 0 fully saturated rings. The minimum Gasteiger partial charge on any atom is -0.383 e. The summed E-state index contributed by atoms with van der Waals surface area (Å²) in [5.74, 6) is 0. The Morgan fingerprint density at radius 2 is 1.88 bits per heavy atom. The summed E-state index contributed by atoms with van der Waals surface area (Å²) in [6.45, 7) is 5.27. The summed E-state index contributed by atoms with van der Waals surface area (Å²) in [4.78, 5) is 2.34. The monoisotopic (exact) mass is 370 g/mol. The van der Waals surface area contributed by atoms with E-state index in [1.54, 1.807) is 13.3 Å². The zero-order valence-corrected chi connectivity index (χ0v) is 16.1. The van der Waals surface area contributed by atoms with Crippen LogP contribution in [0.4, 0.5) is 5.69 Å². The number of thiocarbonyl (C=S) groups is 1.